The van der Waals surface area contributed by atoms with Crippen LogP contribution in [0.2, 0.25) is 0 Å². The highest BCUT2D eigenvalue weighted by Crippen LogP contribution is 2.41. The van der Waals surface area contributed by atoms with Crippen LogP contribution in [0, 0.1) is 0 Å². The van der Waals surface area contributed by atoms with Crippen molar-refractivity contribution in [2.75, 3.05) is 6.54 Å². The summed E-state index contributed by atoms with van der Waals surface area (Å²) in [6.45, 7) is 7.35. The molecule has 0 saturated heterocycles. The van der Waals surface area contributed by atoms with Crippen molar-refractivity contribution in [2.24, 2.45) is 0 Å². The molecule has 1 aromatic carbocycles. The third-order valence-electron chi connectivity index (χ3n) is 4.19. The van der Waals surface area contributed by atoms with Crippen LogP contribution in [0.1, 0.15) is 57.2 Å². The highest BCUT2D eigenvalue weighted by atomic mass is 16.3. The Hall–Kier alpha value is -0.860. The van der Waals surface area contributed by atoms with Crippen molar-refractivity contribution in [3.8, 4) is 0 Å². The maximum atomic E-state index is 9.68. The number of nitrogens with one attached hydrogen (secondary N) is 1. The van der Waals surface area contributed by atoms with Gasteiger partial charge in [0.25, 0.3) is 0 Å². The summed E-state index contributed by atoms with van der Waals surface area (Å²) in [4.78, 5) is 0. The number of fused-ring (bicyclic) bond motifs is 1. The van der Waals surface area contributed by atoms with Crippen LogP contribution in [0.25, 0.3) is 0 Å². The van der Waals surface area contributed by atoms with Gasteiger partial charge in [-0.15, -0.1) is 0 Å². The van der Waals surface area contributed by atoms with Gasteiger partial charge in [0.05, 0.1) is 6.10 Å². The molecule has 2 rings (SSSR count). The Labute approximate surface area is 110 Å². The number of hydrogen-bond acceptors (Lipinski definition) is 2. The molecule has 2 heteroatoms. The molecule has 1 aliphatic carbocycles. The number of benzene rings is 1. The van der Waals surface area contributed by atoms with Gasteiger partial charge < -0.3 is 10.4 Å². The van der Waals surface area contributed by atoms with Gasteiger partial charge in [0, 0.05) is 12.6 Å². The summed E-state index contributed by atoms with van der Waals surface area (Å²) in [5, 5.41) is 13.2. The second kappa shape index (κ2) is 5.41. The van der Waals surface area contributed by atoms with Gasteiger partial charge in [-0.05, 0) is 35.8 Å². The maximum Gasteiger partial charge on any atom is 0.0662 e. The highest BCUT2D eigenvalue weighted by Gasteiger charge is 2.31. The predicted octanol–water partition coefficient (Wildman–Crippen LogP) is 3.16. The molecule has 2 nitrogen and oxygen atoms in total. The largest absolute Gasteiger partial charge is 0.392 e. The minimum atomic E-state index is -0.230. The normalized spacial score (nSPS) is 23.4. The lowest BCUT2D eigenvalue weighted by Crippen LogP contribution is -2.36. The highest BCUT2D eigenvalue weighted by molar-refractivity contribution is 5.38. The van der Waals surface area contributed by atoms with Gasteiger partial charge in [-0.3, -0.25) is 0 Å². The van der Waals surface area contributed by atoms with Gasteiger partial charge in [0.1, 0.15) is 0 Å². The van der Waals surface area contributed by atoms with E-state index in [0.717, 1.165) is 12.8 Å². The van der Waals surface area contributed by atoms with Crippen molar-refractivity contribution in [1.29, 1.82) is 0 Å². The van der Waals surface area contributed by atoms with Gasteiger partial charge in [0.2, 0.25) is 0 Å². The number of aliphatic hydroxyl groups is 1. The SMILES string of the molecule is CCC(O)CNC1CCC(C)(C)c2ccccc21. The van der Waals surface area contributed by atoms with Crippen LogP contribution < -0.4 is 5.32 Å². The van der Waals surface area contributed by atoms with Crippen molar-refractivity contribution in [2.45, 2.75) is 57.6 Å². The molecule has 1 aromatic rings. The first-order valence-corrected chi connectivity index (χ1v) is 7.05. The Bertz CT molecular complexity index is 400. The van der Waals surface area contributed by atoms with Gasteiger partial charge in [0.15, 0.2) is 0 Å². The fourth-order valence-electron chi connectivity index (χ4n) is 2.85. The van der Waals surface area contributed by atoms with Gasteiger partial charge >= 0.3 is 0 Å². The molecule has 18 heavy (non-hydrogen) atoms. The lowest BCUT2D eigenvalue weighted by Gasteiger charge is -2.37. The van der Waals surface area contributed by atoms with Gasteiger partial charge in [-0.2, -0.15) is 0 Å². The minimum absolute atomic E-state index is 0.230. The molecule has 0 aromatic heterocycles. The molecule has 1 aliphatic rings. The summed E-state index contributed by atoms with van der Waals surface area (Å²) in [6, 6.07) is 9.12. The lowest BCUT2D eigenvalue weighted by atomic mass is 9.71. The average molecular weight is 247 g/mol. The van der Waals surface area contributed by atoms with E-state index < -0.39 is 0 Å². The zero-order valence-electron chi connectivity index (χ0n) is 11.7. The number of rotatable bonds is 4. The lowest BCUT2D eigenvalue weighted by molar-refractivity contribution is 0.160. The number of aliphatic hydroxyl groups excluding tert-OH is 1. The quantitative estimate of drug-likeness (QED) is 0.856. The molecule has 2 N–H and O–H groups in total. The van der Waals surface area contributed by atoms with E-state index in [1.807, 2.05) is 6.92 Å². The maximum absolute atomic E-state index is 9.68. The fourth-order valence-corrected chi connectivity index (χ4v) is 2.85. The predicted molar refractivity (Wildman–Crippen MR) is 75.7 cm³/mol. The van der Waals surface area contributed by atoms with E-state index in [2.05, 4.69) is 43.4 Å². The Balaban J connectivity index is 2.15. The first kappa shape index (κ1) is 13.6. The Morgan fingerprint density at radius 2 is 2.11 bits per heavy atom. The third-order valence-corrected chi connectivity index (χ3v) is 4.19. The molecule has 0 bridgehead atoms. The molecular formula is C16H25NO. The Morgan fingerprint density at radius 1 is 1.39 bits per heavy atom. The van der Waals surface area contributed by atoms with Crippen LogP contribution in [0.4, 0.5) is 0 Å². The zero-order valence-corrected chi connectivity index (χ0v) is 11.7. The van der Waals surface area contributed by atoms with Crippen molar-refractivity contribution >= 4 is 0 Å². The molecule has 2 atom stereocenters. The van der Waals surface area contributed by atoms with E-state index in [9.17, 15) is 5.11 Å². The summed E-state index contributed by atoms with van der Waals surface area (Å²) in [5.74, 6) is 0. The summed E-state index contributed by atoms with van der Waals surface area (Å²) in [7, 11) is 0. The van der Waals surface area contributed by atoms with Crippen LogP contribution in [-0.2, 0) is 5.41 Å². The Kier molecular flexibility index (Phi) is 4.08. The molecule has 0 radical (unpaired) electrons. The first-order valence-electron chi connectivity index (χ1n) is 7.05. The van der Waals surface area contributed by atoms with Crippen molar-refractivity contribution in [3.63, 3.8) is 0 Å². The molecule has 0 amide bonds. The zero-order chi connectivity index (χ0) is 13.2. The first-order chi connectivity index (χ1) is 8.54. The van der Waals surface area contributed by atoms with E-state index in [1.165, 1.54) is 17.5 Å². The second-order valence-corrected chi connectivity index (χ2v) is 6.03. The van der Waals surface area contributed by atoms with Gasteiger partial charge in [-0.25, -0.2) is 0 Å². The van der Waals surface area contributed by atoms with E-state index in [-0.39, 0.29) is 11.5 Å². The minimum Gasteiger partial charge on any atom is -0.392 e. The van der Waals surface area contributed by atoms with Crippen LogP contribution in [0.5, 0.6) is 0 Å². The van der Waals surface area contributed by atoms with Crippen LogP contribution >= 0.6 is 0 Å². The monoisotopic (exact) mass is 247 g/mol. The van der Waals surface area contributed by atoms with E-state index in [0.29, 0.717) is 12.6 Å². The molecule has 0 spiro atoms. The van der Waals surface area contributed by atoms with E-state index in [1.54, 1.807) is 0 Å². The summed E-state index contributed by atoms with van der Waals surface area (Å²) < 4.78 is 0. The van der Waals surface area contributed by atoms with Crippen molar-refractivity contribution < 1.29 is 5.11 Å². The molecular weight excluding hydrogens is 222 g/mol. The Morgan fingerprint density at radius 3 is 2.83 bits per heavy atom. The molecule has 0 heterocycles. The molecule has 0 fully saturated rings. The second-order valence-electron chi connectivity index (χ2n) is 6.03. The molecule has 0 aliphatic heterocycles. The standard InChI is InChI=1S/C16H25NO/c1-4-12(18)11-17-15-9-10-16(2,3)14-8-6-5-7-13(14)15/h5-8,12,15,17-18H,4,9-11H2,1-3H3. The van der Waals surface area contributed by atoms with Crippen LogP contribution in [-0.4, -0.2) is 17.8 Å². The van der Waals surface area contributed by atoms with Gasteiger partial charge in [-0.1, -0.05) is 45.0 Å². The van der Waals surface area contributed by atoms with E-state index >= 15 is 0 Å². The molecule has 2 unspecified atom stereocenters. The summed E-state index contributed by atoms with van der Waals surface area (Å²) in [6.07, 6.45) is 2.93. The van der Waals surface area contributed by atoms with Crippen molar-refractivity contribution in [1.82, 2.24) is 5.32 Å². The van der Waals surface area contributed by atoms with Crippen LogP contribution in [0.3, 0.4) is 0 Å². The number of hydrogen-bond donors (Lipinski definition) is 2. The smallest absolute Gasteiger partial charge is 0.0662 e. The van der Waals surface area contributed by atoms with Crippen LogP contribution in [0.15, 0.2) is 24.3 Å². The average Bonchev–Trinajstić information content (AvgIpc) is 2.38. The molecule has 100 valence electrons. The topological polar surface area (TPSA) is 32.3 Å². The summed E-state index contributed by atoms with van der Waals surface area (Å²) in [5.41, 5.74) is 3.15. The fraction of sp³-hybridized carbons (Fsp3) is 0.625. The van der Waals surface area contributed by atoms with E-state index in [4.69, 9.17) is 0 Å². The third kappa shape index (κ3) is 2.76. The van der Waals surface area contributed by atoms with Crippen molar-refractivity contribution in [3.05, 3.63) is 35.4 Å². The molecule has 0 saturated carbocycles. The summed E-state index contributed by atoms with van der Waals surface area (Å²) >= 11 is 0.